The van der Waals surface area contributed by atoms with Crippen LogP contribution in [0.3, 0.4) is 0 Å². The highest BCUT2D eigenvalue weighted by atomic mass is 16.5. The van der Waals surface area contributed by atoms with Crippen molar-refractivity contribution in [1.82, 2.24) is 4.90 Å². The maximum atomic E-state index is 12.1. The van der Waals surface area contributed by atoms with Crippen LogP contribution in [-0.4, -0.2) is 38.1 Å². The lowest BCUT2D eigenvalue weighted by atomic mass is 10.1. The highest BCUT2D eigenvalue weighted by Crippen LogP contribution is 2.18. The zero-order valence-electron chi connectivity index (χ0n) is 12.2. The second kappa shape index (κ2) is 6.98. The number of carbonyl (C=O) groups is 1. The zero-order chi connectivity index (χ0) is 14.4. The lowest BCUT2D eigenvalue weighted by molar-refractivity contribution is -0.114. The molecule has 0 spiro atoms. The number of rotatable bonds is 4. The number of carbonyl (C=O) groups excluding carboxylic acids is 1. The van der Waals surface area contributed by atoms with E-state index in [-0.39, 0.29) is 5.91 Å². The van der Waals surface area contributed by atoms with Gasteiger partial charge in [-0.2, -0.15) is 0 Å². The van der Waals surface area contributed by atoms with Gasteiger partial charge in [-0.25, -0.2) is 0 Å². The summed E-state index contributed by atoms with van der Waals surface area (Å²) in [7, 11) is 3.41. The molecule has 0 atom stereocenters. The molecule has 1 aliphatic heterocycles. The fourth-order valence-electron chi connectivity index (χ4n) is 2.28. The third-order valence-corrected chi connectivity index (χ3v) is 3.61. The molecule has 0 saturated carbocycles. The van der Waals surface area contributed by atoms with Gasteiger partial charge in [-0.05, 0) is 43.5 Å². The molecule has 1 amide bonds. The predicted molar refractivity (Wildman–Crippen MR) is 81.0 cm³/mol. The maximum Gasteiger partial charge on any atom is 0.252 e. The average Bonchev–Trinajstić information content (AvgIpc) is 2.53. The van der Waals surface area contributed by atoms with Gasteiger partial charge in [-0.1, -0.05) is 0 Å². The first-order valence-corrected chi connectivity index (χ1v) is 7.04. The summed E-state index contributed by atoms with van der Waals surface area (Å²) >= 11 is 0. The Hall–Kier alpha value is -1.97. The molecule has 1 aromatic carbocycles. The minimum atomic E-state index is -0.0132. The molecule has 4 nitrogen and oxygen atoms in total. The van der Waals surface area contributed by atoms with Crippen LogP contribution in [0, 0.1) is 0 Å². The van der Waals surface area contributed by atoms with Crippen molar-refractivity contribution in [3.05, 3.63) is 36.5 Å². The van der Waals surface area contributed by atoms with Crippen LogP contribution in [0.2, 0.25) is 0 Å². The lowest BCUT2D eigenvalue weighted by Crippen LogP contribution is -2.27. The number of nitrogens with zero attached hydrogens (tertiary/aromatic N) is 2. The Morgan fingerprint density at radius 3 is 2.45 bits per heavy atom. The average molecular weight is 274 g/mol. The number of amides is 1. The number of methoxy groups -OCH3 is 1. The second-order valence-electron chi connectivity index (χ2n) is 5.01. The minimum Gasteiger partial charge on any atom is -0.497 e. The van der Waals surface area contributed by atoms with Crippen molar-refractivity contribution in [3.8, 4) is 5.75 Å². The largest absolute Gasteiger partial charge is 0.497 e. The van der Waals surface area contributed by atoms with Gasteiger partial charge in [0.1, 0.15) is 5.75 Å². The first-order valence-electron chi connectivity index (χ1n) is 7.04. The van der Waals surface area contributed by atoms with E-state index in [4.69, 9.17) is 4.74 Å². The molecule has 20 heavy (non-hydrogen) atoms. The molecule has 4 heteroatoms. The van der Waals surface area contributed by atoms with Gasteiger partial charge in [0, 0.05) is 38.1 Å². The Bertz CT molecular complexity index is 462. The maximum absolute atomic E-state index is 12.1. The van der Waals surface area contributed by atoms with Gasteiger partial charge < -0.3 is 14.5 Å². The molecular formula is C16H22N2O2. The molecule has 1 fully saturated rings. The topological polar surface area (TPSA) is 32.8 Å². The van der Waals surface area contributed by atoms with Gasteiger partial charge in [0.05, 0.1) is 7.11 Å². The monoisotopic (exact) mass is 274 g/mol. The predicted octanol–water partition coefficient (Wildman–Crippen LogP) is 2.66. The Morgan fingerprint density at radius 2 is 1.85 bits per heavy atom. The smallest absolute Gasteiger partial charge is 0.252 e. The normalized spacial score (nSPS) is 15.4. The van der Waals surface area contributed by atoms with Gasteiger partial charge in [0.25, 0.3) is 5.91 Å². The zero-order valence-corrected chi connectivity index (χ0v) is 12.2. The van der Waals surface area contributed by atoms with E-state index in [1.54, 1.807) is 25.1 Å². The van der Waals surface area contributed by atoms with Crippen molar-refractivity contribution in [2.24, 2.45) is 0 Å². The Morgan fingerprint density at radius 1 is 1.20 bits per heavy atom. The number of anilines is 1. The van der Waals surface area contributed by atoms with E-state index in [1.165, 1.54) is 19.3 Å². The third kappa shape index (κ3) is 3.76. The summed E-state index contributed by atoms with van der Waals surface area (Å²) in [6.07, 6.45) is 7.29. The number of hydrogen-bond acceptors (Lipinski definition) is 3. The van der Waals surface area contributed by atoms with Crippen LogP contribution < -0.4 is 9.64 Å². The van der Waals surface area contributed by atoms with E-state index in [9.17, 15) is 4.79 Å². The standard InChI is InChI=1S/C16H22N2O2/c1-17(14-6-8-15(20-2)9-7-14)16(19)10-13-18-11-4-3-5-12-18/h6-10,13H,3-5,11-12H2,1-2H3. The summed E-state index contributed by atoms with van der Waals surface area (Å²) in [6.45, 7) is 2.10. The third-order valence-electron chi connectivity index (χ3n) is 3.61. The molecule has 2 rings (SSSR count). The molecule has 0 N–H and O–H groups in total. The van der Waals surface area contributed by atoms with E-state index >= 15 is 0 Å². The first-order chi connectivity index (χ1) is 9.70. The van der Waals surface area contributed by atoms with E-state index in [0.717, 1.165) is 24.5 Å². The van der Waals surface area contributed by atoms with Crippen molar-refractivity contribution < 1.29 is 9.53 Å². The van der Waals surface area contributed by atoms with Crippen LogP contribution in [-0.2, 0) is 4.79 Å². The van der Waals surface area contributed by atoms with Crippen LogP contribution in [0.25, 0.3) is 0 Å². The minimum absolute atomic E-state index is 0.0132. The molecule has 0 radical (unpaired) electrons. The first kappa shape index (κ1) is 14.4. The molecule has 0 aromatic heterocycles. The molecule has 0 aliphatic carbocycles. The van der Waals surface area contributed by atoms with Crippen molar-refractivity contribution >= 4 is 11.6 Å². The van der Waals surface area contributed by atoms with Crippen molar-refractivity contribution in [2.75, 3.05) is 32.1 Å². The van der Waals surface area contributed by atoms with Crippen LogP contribution in [0.1, 0.15) is 19.3 Å². The van der Waals surface area contributed by atoms with Crippen molar-refractivity contribution in [2.45, 2.75) is 19.3 Å². The van der Waals surface area contributed by atoms with Crippen LogP contribution in [0.15, 0.2) is 36.5 Å². The summed E-state index contributed by atoms with van der Waals surface area (Å²) in [6, 6.07) is 7.47. The summed E-state index contributed by atoms with van der Waals surface area (Å²) in [5.74, 6) is 0.777. The molecule has 0 unspecified atom stereocenters. The summed E-state index contributed by atoms with van der Waals surface area (Å²) in [4.78, 5) is 16.0. The van der Waals surface area contributed by atoms with E-state index in [2.05, 4.69) is 4.90 Å². The summed E-state index contributed by atoms with van der Waals surface area (Å²) < 4.78 is 5.11. The van der Waals surface area contributed by atoms with Crippen LogP contribution >= 0.6 is 0 Å². The number of likely N-dealkylation sites (tertiary alicyclic amines) is 1. The Kier molecular flexibility index (Phi) is 5.04. The highest BCUT2D eigenvalue weighted by molar-refractivity contribution is 6.00. The van der Waals surface area contributed by atoms with Gasteiger partial charge in [0.15, 0.2) is 0 Å². The Balaban J connectivity index is 1.94. The molecular weight excluding hydrogens is 252 g/mol. The van der Waals surface area contributed by atoms with E-state index in [0.29, 0.717) is 0 Å². The van der Waals surface area contributed by atoms with Crippen molar-refractivity contribution in [1.29, 1.82) is 0 Å². The molecule has 108 valence electrons. The van der Waals surface area contributed by atoms with Gasteiger partial charge in [-0.15, -0.1) is 0 Å². The van der Waals surface area contributed by atoms with Crippen LogP contribution in [0.4, 0.5) is 5.69 Å². The van der Waals surface area contributed by atoms with E-state index in [1.807, 2.05) is 30.5 Å². The van der Waals surface area contributed by atoms with Gasteiger partial charge >= 0.3 is 0 Å². The van der Waals surface area contributed by atoms with Crippen LogP contribution in [0.5, 0.6) is 5.75 Å². The highest BCUT2D eigenvalue weighted by Gasteiger charge is 2.09. The molecule has 1 saturated heterocycles. The number of likely N-dealkylation sites (N-methyl/N-ethyl adjacent to an activating group) is 1. The number of hydrogen-bond donors (Lipinski definition) is 0. The number of benzene rings is 1. The summed E-state index contributed by atoms with van der Waals surface area (Å²) in [5, 5.41) is 0. The lowest BCUT2D eigenvalue weighted by Gasteiger charge is -2.25. The van der Waals surface area contributed by atoms with E-state index < -0.39 is 0 Å². The fraction of sp³-hybridized carbons (Fsp3) is 0.438. The SMILES string of the molecule is COc1ccc(N(C)C(=O)C=CN2CCCCC2)cc1. The second-order valence-corrected chi connectivity index (χ2v) is 5.01. The fourth-order valence-corrected chi connectivity index (χ4v) is 2.28. The van der Waals surface area contributed by atoms with Gasteiger partial charge in [-0.3, -0.25) is 4.79 Å². The quantitative estimate of drug-likeness (QED) is 0.791. The molecule has 1 aromatic rings. The number of ether oxygens (including phenoxy) is 1. The molecule has 1 aliphatic rings. The number of piperidine rings is 1. The Labute approximate surface area is 120 Å². The summed E-state index contributed by atoms with van der Waals surface area (Å²) in [5.41, 5.74) is 0.860. The molecule has 1 heterocycles. The van der Waals surface area contributed by atoms with Gasteiger partial charge in [0.2, 0.25) is 0 Å². The molecule has 0 bridgehead atoms. The van der Waals surface area contributed by atoms with Crippen molar-refractivity contribution in [3.63, 3.8) is 0 Å².